The van der Waals surface area contributed by atoms with Crippen LogP contribution < -0.4 is 4.90 Å². The number of anilines is 1. The second kappa shape index (κ2) is 4.45. The predicted molar refractivity (Wildman–Crippen MR) is 54.0 cm³/mol. The first-order valence-corrected chi connectivity index (χ1v) is 4.34. The topological polar surface area (TPSA) is 77.8 Å². The fraction of sp³-hybridized carbons (Fsp3) is 0.200. The SMILES string of the molecule is C[C@H](C(=O)O)N(C(=O)O)c1ccccc1. The van der Waals surface area contributed by atoms with Crippen molar-refractivity contribution in [3.8, 4) is 0 Å². The fourth-order valence-electron chi connectivity index (χ4n) is 1.20. The average molecular weight is 209 g/mol. The van der Waals surface area contributed by atoms with Crippen molar-refractivity contribution in [2.45, 2.75) is 13.0 Å². The van der Waals surface area contributed by atoms with Crippen LogP contribution >= 0.6 is 0 Å². The summed E-state index contributed by atoms with van der Waals surface area (Å²) in [5.74, 6) is -1.18. The first-order chi connectivity index (χ1) is 7.04. The van der Waals surface area contributed by atoms with Crippen LogP contribution in [0.4, 0.5) is 10.5 Å². The molecule has 15 heavy (non-hydrogen) atoms. The van der Waals surface area contributed by atoms with E-state index in [4.69, 9.17) is 10.2 Å². The zero-order valence-electron chi connectivity index (χ0n) is 8.12. The van der Waals surface area contributed by atoms with E-state index < -0.39 is 18.1 Å². The summed E-state index contributed by atoms with van der Waals surface area (Å²) in [4.78, 5) is 22.4. The molecule has 0 aliphatic heterocycles. The van der Waals surface area contributed by atoms with E-state index >= 15 is 0 Å². The van der Waals surface area contributed by atoms with Gasteiger partial charge in [-0.25, -0.2) is 9.59 Å². The van der Waals surface area contributed by atoms with Gasteiger partial charge in [0.15, 0.2) is 0 Å². The third kappa shape index (κ3) is 2.46. The minimum absolute atomic E-state index is 0.347. The molecule has 1 atom stereocenters. The van der Waals surface area contributed by atoms with E-state index in [0.29, 0.717) is 5.69 Å². The molecule has 0 aliphatic carbocycles. The summed E-state index contributed by atoms with van der Waals surface area (Å²) in [5, 5.41) is 17.7. The summed E-state index contributed by atoms with van der Waals surface area (Å²) in [5.41, 5.74) is 0.347. The van der Waals surface area contributed by atoms with Crippen molar-refractivity contribution < 1.29 is 19.8 Å². The third-order valence-corrected chi connectivity index (χ3v) is 1.99. The highest BCUT2D eigenvalue weighted by Gasteiger charge is 2.26. The molecular weight excluding hydrogens is 198 g/mol. The van der Waals surface area contributed by atoms with Gasteiger partial charge in [0.2, 0.25) is 0 Å². The molecule has 1 aromatic rings. The van der Waals surface area contributed by atoms with Crippen molar-refractivity contribution in [1.29, 1.82) is 0 Å². The van der Waals surface area contributed by atoms with Gasteiger partial charge in [0.25, 0.3) is 0 Å². The zero-order chi connectivity index (χ0) is 11.4. The maximum absolute atomic E-state index is 10.9. The van der Waals surface area contributed by atoms with Crippen LogP contribution in [0.5, 0.6) is 0 Å². The van der Waals surface area contributed by atoms with Crippen molar-refractivity contribution in [1.82, 2.24) is 0 Å². The first kappa shape index (κ1) is 11.0. The van der Waals surface area contributed by atoms with E-state index in [9.17, 15) is 9.59 Å². The van der Waals surface area contributed by atoms with Gasteiger partial charge in [-0.2, -0.15) is 0 Å². The summed E-state index contributed by atoms with van der Waals surface area (Å²) in [6.45, 7) is 1.32. The molecule has 0 spiro atoms. The van der Waals surface area contributed by atoms with Crippen molar-refractivity contribution in [3.05, 3.63) is 30.3 Å². The number of rotatable bonds is 3. The molecule has 0 unspecified atom stereocenters. The fourth-order valence-corrected chi connectivity index (χ4v) is 1.20. The van der Waals surface area contributed by atoms with Crippen molar-refractivity contribution >= 4 is 17.7 Å². The van der Waals surface area contributed by atoms with E-state index in [1.165, 1.54) is 6.92 Å². The summed E-state index contributed by atoms with van der Waals surface area (Å²) < 4.78 is 0. The van der Waals surface area contributed by atoms with Gasteiger partial charge in [0.05, 0.1) is 0 Å². The van der Waals surface area contributed by atoms with Crippen molar-refractivity contribution in [2.75, 3.05) is 4.90 Å². The Hall–Kier alpha value is -2.04. The van der Waals surface area contributed by atoms with Gasteiger partial charge in [-0.05, 0) is 19.1 Å². The molecule has 5 nitrogen and oxygen atoms in total. The lowest BCUT2D eigenvalue weighted by atomic mass is 10.2. The highest BCUT2D eigenvalue weighted by Crippen LogP contribution is 2.16. The Balaban J connectivity index is 3.04. The number of carboxylic acids is 1. The van der Waals surface area contributed by atoms with Crippen LogP contribution in [0, 0.1) is 0 Å². The molecule has 5 heteroatoms. The standard InChI is InChI=1S/C10H11NO4/c1-7(9(12)13)11(10(14)15)8-5-3-2-4-6-8/h2-7H,1H3,(H,12,13)(H,14,15)/t7-/m1/s1. The molecule has 0 heterocycles. The maximum Gasteiger partial charge on any atom is 0.412 e. The largest absolute Gasteiger partial charge is 0.480 e. The Morgan fingerprint density at radius 3 is 2.13 bits per heavy atom. The minimum atomic E-state index is -1.28. The number of nitrogens with zero attached hydrogens (tertiary/aromatic N) is 1. The van der Waals surface area contributed by atoms with Crippen molar-refractivity contribution in [2.24, 2.45) is 0 Å². The molecule has 0 saturated carbocycles. The normalized spacial score (nSPS) is 11.8. The lowest BCUT2D eigenvalue weighted by molar-refractivity contribution is -0.138. The number of hydrogen-bond donors (Lipinski definition) is 2. The number of carbonyl (C=O) groups is 2. The Morgan fingerprint density at radius 1 is 1.20 bits per heavy atom. The second-order valence-electron chi connectivity index (χ2n) is 3.00. The molecule has 0 bridgehead atoms. The Labute approximate surface area is 86.6 Å². The Bertz CT molecular complexity index is 363. The first-order valence-electron chi connectivity index (χ1n) is 4.34. The summed E-state index contributed by atoms with van der Waals surface area (Å²) in [6.07, 6.45) is -1.28. The van der Waals surface area contributed by atoms with E-state index in [1.807, 2.05) is 0 Å². The number of para-hydroxylation sites is 1. The van der Waals surface area contributed by atoms with Crippen LogP contribution in [-0.2, 0) is 4.79 Å². The molecule has 0 radical (unpaired) electrons. The smallest absolute Gasteiger partial charge is 0.412 e. The summed E-state index contributed by atoms with van der Waals surface area (Å²) >= 11 is 0. The van der Waals surface area contributed by atoms with Gasteiger partial charge in [-0.1, -0.05) is 18.2 Å². The number of carboxylic acid groups (broad SMARTS) is 2. The minimum Gasteiger partial charge on any atom is -0.480 e. The molecule has 0 saturated heterocycles. The molecule has 0 fully saturated rings. The zero-order valence-corrected chi connectivity index (χ0v) is 8.12. The Morgan fingerprint density at radius 2 is 1.73 bits per heavy atom. The molecule has 1 aromatic carbocycles. The quantitative estimate of drug-likeness (QED) is 0.793. The molecule has 80 valence electrons. The lowest BCUT2D eigenvalue weighted by Gasteiger charge is -2.23. The van der Waals surface area contributed by atoms with Crippen LogP contribution in [0.3, 0.4) is 0 Å². The molecular formula is C10H11NO4. The van der Waals surface area contributed by atoms with Gasteiger partial charge >= 0.3 is 12.1 Å². The van der Waals surface area contributed by atoms with Crippen LogP contribution in [-0.4, -0.2) is 28.3 Å². The van der Waals surface area contributed by atoms with Gasteiger partial charge in [0.1, 0.15) is 6.04 Å². The molecule has 0 aliphatic rings. The second-order valence-corrected chi connectivity index (χ2v) is 3.00. The van der Waals surface area contributed by atoms with Crippen molar-refractivity contribution in [3.63, 3.8) is 0 Å². The molecule has 2 N–H and O–H groups in total. The van der Waals surface area contributed by atoms with Crippen LogP contribution in [0.25, 0.3) is 0 Å². The average Bonchev–Trinajstić information content (AvgIpc) is 2.18. The van der Waals surface area contributed by atoms with Gasteiger partial charge in [-0.15, -0.1) is 0 Å². The van der Waals surface area contributed by atoms with Crippen LogP contribution in [0.15, 0.2) is 30.3 Å². The summed E-state index contributed by atoms with van der Waals surface area (Å²) in [6, 6.07) is 7.03. The summed E-state index contributed by atoms with van der Waals surface area (Å²) in [7, 11) is 0. The molecule has 1 rings (SSSR count). The monoisotopic (exact) mass is 209 g/mol. The van der Waals surface area contributed by atoms with E-state index in [2.05, 4.69) is 0 Å². The lowest BCUT2D eigenvalue weighted by Crippen LogP contribution is -2.42. The van der Waals surface area contributed by atoms with Gasteiger partial charge in [-0.3, -0.25) is 4.90 Å². The number of benzene rings is 1. The van der Waals surface area contributed by atoms with E-state index in [0.717, 1.165) is 4.90 Å². The van der Waals surface area contributed by atoms with Crippen LogP contribution in [0.1, 0.15) is 6.92 Å². The van der Waals surface area contributed by atoms with E-state index in [1.54, 1.807) is 30.3 Å². The van der Waals surface area contributed by atoms with Gasteiger partial charge < -0.3 is 10.2 Å². The van der Waals surface area contributed by atoms with E-state index in [-0.39, 0.29) is 0 Å². The molecule has 0 aromatic heterocycles. The number of aliphatic carboxylic acids is 1. The van der Waals surface area contributed by atoms with Crippen LogP contribution in [0.2, 0.25) is 0 Å². The number of amides is 1. The highest BCUT2D eigenvalue weighted by atomic mass is 16.4. The maximum atomic E-state index is 10.9. The number of hydrogen-bond acceptors (Lipinski definition) is 2. The molecule has 1 amide bonds. The van der Waals surface area contributed by atoms with Gasteiger partial charge in [0, 0.05) is 5.69 Å². The highest BCUT2D eigenvalue weighted by molar-refractivity contribution is 5.93. The third-order valence-electron chi connectivity index (χ3n) is 1.99. The Kier molecular flexibility index (Phi) is 3.28. The predicted octanol–water partition coefficient (Wildman–Crippen LogP) is 1.64.